The molecule has 204 valence electrons. The highest BCUT2D eigenvalue weighted by atomic mass is 16.5. The van der Waals surface area contributed by atoms with Crippen molar-refractivity contribution in [3.05, 3.63) is 0 Å². The van der Waals surface area contributed by atoms with Crippen LogP contribution >= 0.6 is 0 Å². The third kappa shape index (κ3) is 29.5. The maximum absolute atomic E-state index is 11.9. The standard InChI is InChI=1S/C32H64O2/c1-3-5-7-9-11-13-15-17-18-19-20-22-24-26-28-30-32(33)34-31-29-27-25-23-21-16-14-12-10-8-6-4-2/h3-31H2,1-2H3. The molecule has 0 heterocycles. The fourth-order valence-electron chi connectivity index (χ4n) is 4.84. The summed E-state index contributed by atoms with van der Waals surface area (Å²) in [5, 5.41) is 0. The highest BCUT2D eigenvalue weighted by Gasteiger charge is 2.02. The first-order chi connectivity index (χ1) is 16.8. The van der Waals surface area contributed by atoms with Gasteiger partial charge in [0.2, 0.25) is 0 Å². The van der Waals surface area contributed by atoms with E-state index in [0.29, 0.717) is 13.0 Å². The molecule has 0 spiro atoms. The minimum Gasteiger partial charge on any atom is -0.466 e. The van der Waals surface area contributed by atoms with E-state index in [1.165, 1.54) is 161 Å². The van der Waals surface area contributed by atoms with Crippen LogP contribution in [0.5, 0.6) is 0 Å². The number of carbonyl (C=O) groups excluding carboxylic acids is 1. The Kier molecular flexibility index (Phi) is 30.0. The van der Waals surface area contributed by atoms with Crippen molar-refractivity contribution in [2.75, 3.05) is 6.61 Å². The fourth-order valence-corrected chi connectivity index (χ4v) is 4.84. The van der Waals surface area contributed by atoms with E-state index >= 15 is 0 Å². The summed E-state index contributed by atoms with van der Waals surface area (Å²) in [5.74, 6) is 0.0257. The third-order valence-corrected chi connectivity index (χ3v) is 7.25. The second-order valence-corrected chi connectivity index (χ2v) is 10.8. The van der Waals surface area contributed by atoms with E-state index in [4.69, 9.17) is 4.74 Å². The van der Waals surface area contributed by atoms with Crippen molar-refractivity contribution in [3.63, 3.8) is 0 Å². The number of rotatable bonds is 29. The molecule has 0 aromatic heterocycles. The van der Waals surface area contributed by atoms with Crippen LogP contribution in [0.3, 0.4) is 0 Å². The van der Waals surface area contributed by atoms with Crippen molar-refractivity contribution in [1.29, 1.82) is 0 Å². The van der Waals surface area contributed by atoms with E-state index in [1.807, 2.05) is 0 Å². The van der Waals surface area contributed by atoms with Gasteiger partial charge in [0, 0.05) is 6.42 Å². The molecule has 0 aromatic rings. The number of esters is 1. The summed E-state index contributed by atoms with van der Waals surface area (Å²) in [6.45, 7) is 5.20. The molecular formula is C32H64O2. The summed E-state index contributed by atoms with van der Waals surface area (Å²) in [4.78, 5) is 11.9. The number of ether oxygens (including phenoxy) is 1. The average molecular weight is 481 g/mol. The van der Waals surface area contributed by atoms with Gasteiger partial charge in [-0.15, -0.1) is 0 Å². The van der Waals surface area contributed by atoms with Gasteiger partial charge in [-0.2, -0.15) is 0 Å². The molecule has 0 saturated carbocycles. The van der Waals surface area contributed by atoms with Gasteiger partial charge in [-0.25, -0.2) is 0 Å². The minimum absolute atomic E-state index is 0.0257. The minimum atomic E-state index is 0.0257. The molecule has 0 radical (unpaired) electrons. The molecule has 0 aliphatic heterocycles. The number of hydrogen-bond acceptors (Lipinski definition) is 2. The van der Waals surface area contributed by atoms with Gasteiger partial charge in [0.15, 0.2) is 0 Å². The molecule has 0 aromatic carbocycles. The van der Waals surface area contributed by atoms with Crippen molar-refractivity contribution < 1.29 is 9.53 Å². The lowest BCUT2D eigenvalue weighted by atomic mass is 10.0. The van der Waals surface area contributed by atoms with Crippen molar-refractivity contribution in [2.45, 2.75) is 194 Å². The lowest BCUT2D eigenvalue weighted by Crippen LogP contribution is -2.05. The van der Waals surface area contributed by atoms with Gasteiger partial charge >= 0.3 is 5.97 Å². The fraction of sp³-hybridized carbons (Fsp3) is 0.969. The molecule has 2 nitrogen and oxygen atoms in total. The topological polar surface area (TPSA) is 26.3 Å². The SMILES string of the molecule is CCCCCCCCCCCCCCCCCC(=O)OCCCCCCCCCCCCCC. The van der Waals surface area contributed by atoms with Crippen LogP contribution in [0, 0.1) is 0 Å². The monoisotopic (exact) mass is 480 g/mol. The zero-order valence-electron chi connectivity index (χ0n) is 23.8. The Labute approximate surface area is 215 Å². The molecule has 0 N–H and O–H groups in total. The van der Waals surface area contributed by atoms with Crippen LogP contribution in [0.2, 0.25) is 0 Å². The Bertz CT molecular complexity index is 379. The van der Waals surface area contributed by atoms with E-state index in [1.54, 1.807) is 0 Å². The van der Waals surface area contributed by atoms with Gasteiger partial charge in [-0.3, -0.25) is 4.79 Å². The van der Waals surface area contributed by atoms with Crippen LogP contribution in [-0.4, -0.2) is 12.6 Å². The van der Waals surface area contributed by atoms with Gasteiger partial charge in [0.1, 0.15) is 0 Å². The molecule has 0 aliphatic carbocycles. The molecule has 34 heavy (non-hydrogen) atoms. The summed E-state index contributed by atoms with van der Waals surface area (Å²) in [6.07, 6.45) is 37.2. The van der Waals surface area contributed by atoms with Crippen molar-refractivity contribution in [1.82, 2.24) is 0 Å². The number of carbonyl (C=O) groups is 1. The van der Waals surface area contributed by atoms with E-state index < -0.39 is 0 Å². The molecular weight excluding hydrogens is 416 g/mol. The van der Waals surface area contributed by atoms with E-state index in [9.17, 15) is 4.79 Å². The third-order valence-electron chi connectivity index (χ3n) is 7.25. The normalized spacial score (nSPS) is 11.2. The van der Waals surface area contributed by atoms with Crippen LogP contribution < -0.4 is 0 Å². The first-order valence-electron chi connectivity index (χ1n) is 16.0. The van der Waals surface area contributed by atoms with Crippen LogP contribution in [0.4, 0.5) is 0 Å². The Balaban J connectivity index is 3.14. The van der Waals surface area contributed by atoms with E-state index in [2.05, 4.69) is 13.8 Å². The van der Waals surface area contributed by atoms with Gasteiger partial charge < -0.3 is 4.74 Å². The number of unbranched alkanes of at least 4 members (excludes halogenated alkanes) is 25. The molecule has 0 saturated heterocycles. The zero-order chi connectivity index (χ0) is 24.8. The van der Waals surface area contributed by atoms with Gasteiger partial charge in [0.25, 0.3) is 0 Å². The molecule has 0 aliphatic rings. The summed E-state index contributed by atoms with van der Waals surface area (Å²) in [7, 11) is 0. The number of hydrogen-bond donors (Lipinski definition) is 0. The molecule has 0 rings (SSSR count). The lowest BCUT2D eigenvalue weighted by Gasteiger charge is -2.06. The first-order valence-corrected chi connectivity index (χ1v) is 16.0. The van der Waals surface area contributed by atoms with Crippen molar-refractivity contribution in [3.8, 4) is 0 Å². The molecule has 0 amide bonds. The van der Waals surface area contributed by atoms with Crippen molar-refractivity contribution >= 4 is 5.97 Å². The van der Waals surface area contributed by atoms with Crippen LogP contribution in [-0.2, 0) is 9.53 Å². The second-order valence-electron chi connectivity index (χ2n) is 10.8. The van der Waals surface area contributed by atoms with Gasteiger partial charge in [-0.05, 0) is 12.8 Å². The smallest absolute Gasteiger partial charge is 0.305 e. The Morgan fingerprint density at radius 2 is 0.647 bits per heavy atom. The van der Waals surface area contributed by atoms with E-state index in [0.717, 1.165) is 12.8 Å². The van der Waals surface area contributed by atoms with Gasteiger partial charge in [0.05, 0.1) is 6.61 Å². The molecule has 0 unspecified atom stereocenters. The molecule has 0 atom stereocenters. The second kappa shape index (κ2) is 30.5. The maximum atomic E-state index is 11.9. The summed E-state index contributed by atoms with van der Waals surface area (Å²) in [6, 6.07) is 0. The first kappa shape index (κ1) is 33.5. The van der Waals surface area contributed by atoms with E-state index in [-0.39, 0.29) is 5.97 Å². The Hall–Kier alpha value is -0.530. The van der Waals surface area contributed by atoms with Crippen molar-refractivity contribution in [2.24, 2.45) is 0 Å². The van der Waals surface area contributed by atoms with Crippen LogP contribution in [0.15, 0.2) is 0 Å². The lowest BCUT2D eigenvalue weighted by molar-refractivity contribution is -0.143. The predicted octanol–water partition coefficient (Wildman–Crippen LogP) is 11.5. The average Bonchev–Trinajstić information content (AvgIpc) is 2.84. The van der Waals surface area contributed by atoms with Crippen LogP contribution in [0.1, 0.15) is 194 Å². The van der Waals surface area contributed by atoms with Gasteiger partial charge in [-0.1, -0.05) is 174 Å². The highest BCUT2D eigenvalue weighted by Crippen LogP contribution is 2.14. The highest BCUT2D eigenvalue weighted by molar-refractivity contribution is 5.69. The summed E-state index contributed by atoms with van der Waals surface area (Å²) >= 11 is 0. The summed E-state index contributed by atoms with van der Waals surface area (Å²) < 4.78 is 5.41. The largest absolute Gasteiger partial charge is 0.466 e. The quantitative estimate of drug-likeness (QED) is 0.0785. The maximum Gasteiger partial charge on any atom is 0.305 e. The Morgan fingerprint density at radius 1 is 0.382 bits per heavy atom. The summed E-state index contributed by atoms with van der Waals surface area (Å²) in [5.41, 5.74) is 0. The molecule has 0 fully saturated rings. The molecule has 0 bridgehead atoms. The van der Waals surface area contributed by atoms with Crippen LogP contribution in [0.25, 0.3) is 0 Å². The zero-order valence-corrected chi connectivity index (χ0v) is 23.8. The molecule has 2 heteroatoms. The Morgan fingerprint density at radius 3 is 0.971 bits per heavy atom. The predicted molar refractivity (Wildman–Crippen MR) is 152 cm³/mol.